The van der Waals surface area contributed by atoms with Crippen LogP contribution in [0.5, 0.6) is 0 Å². The number of nitrogens with zero attached hydrogens (tertiary/aromatic N) is 3. The summed E-state index contributed by atoms with van der Waals surface area (Å²) in [6, 6.07) is 9.85. The van der Waals surface area contributed by atoms with Crippen molar-refractivity contribution in [2.45, 2.75) is 57.7 Å². The Balaban J connectivity index is 1.49. The predicted octanol–water partition coefficient (Wildman–Crippen LogP) is 3.41. The molecule has 140 valence electrons. The highest BCUT2D eigenvalue weighted by molar-refractivity contribution is 5.91. The highest BCUT2D eigenvalue weighted by atomic mass is 15.2. The maximum Gasteiger partial charge on any atom is 0.153 e. The lowest BCUT2D eigenvalue weighted by Gasteiger charge is -2.30. The number of aromatic nitrogens is 4. The average molecular weight is 363 g/mol. The van der Waals surface area contributed by atoms with Gasteiger partial charge in [0.15, 0.2) is 5.82 Å². The number of rotatable bonds is 4. The van der Waals surface area contributed by atoms with Crippen LogP contribution in [0.2, 0.25) is 0 Å². The van der Waals surface area contributed by atoms with Crippen LogP contribution >= 0.6 is 0 Å². The molecule has 3 atom stereocenters. The Morgan fingerprint density at radius 1 is 1.00 bits per heavy atom. The Hall–Kier alpha value is -2.67. The molecule has 7 nitrogen and oxygen atoms in total. The molecule has 0 saturated carbocycles. The Morgan fingerprint density at radius 2 is 1.81 bits per heavy atom. The van der Waals surface area contributed by atoms with Gasteiger partial charge in [0.25, 0.3) is 0 Å². The first-order chi connectivity index (χ1) is 13.1. The summed E-state index contributed by atoms with van der Waals surface area (Å²) in [5.74, 6) is 2.42. The first-order valence-corrected chi connectivity index (χ1v) is 9.72. The number of H-pyrrole nitrogens is 1. The smallest absolute Gasteiger partial charge is 0.153 e. The van der Waals surface area contributed by atoms with Crippen LogP contribution in [-0.4, -0.2) is 38.3 Å². The third-order valence-electron chi connectivity index (χ3n) is 5.60. The molecule has 2 saturated heterocycles. The van der Waals surface area contributed by atoms with E-state index in [2.05, 4.69) is 32.2 Å². The quantitative estimate of drug-likeness (QED) is 0.568. The van der Waals surface area contributed by atoms with E-state index in [4.69, 9.17) is 9.97 Å². The lowest BCUT2D eigenvalue weighted by molar-refractivity contribution is 0.378. The summed E-state index contributed by atoms with van der Waals surface area (Å²) in [7, 11) is 0. The van der Waals surface area contributed by atoms with E-state index in [-0.39, 0.29) is 0 Å². The molecular formula is C20H25N7. The third-order valence-corrected chi connectivity index (χ3v) is 5.60. The number of fused-ring (bicyclic) bond motifs is 3. The minimum atomic E-state index is 0.448. The number of hydrogen-bond acceptors (Lipinski definition) is 6. The normalized spacial score (nSPS) is 24.3. The molecule has 2 aliphatic rings. The number of nitrogens with one attached hydrogen (secondary N) is 4. The van der Waals surface area contributed by atoms with E-state index in [0.29, 0.717) is 18.1 Å². The van der Waals surface area contributed by atoms with Gasteiger partial charge in [-0.05, 0) is 51.7 Å². The van der Waals surface area contributed by atoms with E-state index in [0.717, 1.165) is 52.6 Å². The van der Waals surface area contributed by atoms with Gasteiger partial charge in [0.2, 0.25) is 0 Å². The average Bonchev–Trinajstić information content (AvgIpc) is 3.19. The Morgan fingerprint density at radius 3 is 2.56 bits per heavy atom. The molecule has 0 aliphatic carbocycles. The largest absolute Gasteiger partial charge is 0.367 e. The minimum absolute atomic E-state index is 0.448. The molecule has 0 unspecified atom stereocenters. The fourth-order valence-corrected chi connectivity index (χ4v) is 4.39. The molecule has 3 aromatic heterocycles. The number of aryl methyl sites for hydroxylation is 2. The van der Waals surface area contributed by atoms with Crippen molar-refractivity contribution in [1.82, 2.24) is 25.5 Å². The number of aromatic amines is 1. The summed E-state index contributed by atoms with van der Waals surface area (Å²) in [4.78, 5) is 9.58. The van der Waals surface area contributed by atoms with Gasteiger partial charge in [-0.3, -0.25) is 10.1 Å². The van der Waals surface area contributed by atoms with Crippen molar-refractivity contribution in [3.8, 4) is 0 Å². The zero-order chi connectivity index (χ0) is 18.4. The van der Waals surface area contributed by atoms with E-state index in [9.17, 15) is 0 Å². The Labute approximate surface area is 158 Å². The Kier molecular flexibility index (Phi) is 3.97. The van der Waals surface area contributed by atoms with Crippen LogP contribution in [0.3, 0.4) is 0 Å². The van der Waals surface area contributed by atoms with Crippen LogP contribution in [0.15, 0.2) is 24.3 Å². The topological polar surface area (TPSA) is 90.6 Å². The van der Waals surface area contributed by atoms with Crippen molar-refractivity contribution in [2.75, 3.05) is 10.6 Å². The summed E-state index contributed by atoms with van der Waals surface area (Å²) < 4.78 is 0. The summed E-state index contributed by atoms with van der Waals surface area (Å²) in [5.41, 5.74) is 2.95. The molecule has 2 fully saturated rings. The third kappa shape index (κ3) is 3.35. The molecule has 7 heteroatoms. The lowest BCUT2D eigenvalue weighted by Crippen LogP contribution is -2.43. The fraction of sp³-hybridized carbons (Fsp3) is 0.450. The minimum Gasteiger partial charge on any atom is -0.367 e. The summed E-state index contributed by atoms with van der Waals surface area (Å²) >= 11 is 0. The van der Waals surface area contributed by atoms with Gasteiger partial charge in [0, 0.05) is 47.0 Å². The molecule has 3 aromatic rings. The maximum atomic E-state index is 4.86. The summed E-state index contributed by atoms with van der Waals surface area (Å²) in [5, 5.41) is 19.0. The molecule has 0 radical (unpaired) electrons. The van der Waals surface area contributed by atoms with Gasteiger partial charge >= 0.3 is 0 Å². The van der Waals surface area contributed by atoms with E-state index in [1.54, 1.807) is 0 Å². The van der Waals surface area contributed by atoms with Gasteiger partial charge < -0.3 is 16.0 Å². The van der Waals surface area contributed by atoms with Crippen LogP contribution < -0.4 is 16.0 Å². The van der Waals surface area contributed by atoms with E-state index >= 15 is 0 Å². The first kappa shape index (κ1) is 16.5. The monoisotopic (exact) mass is 363 g/mol. The summed E-state index contributed by atoms with van der Waals surface area (Å²) in [6.45, 7) is 4.00. The fourth-order valence-electron chi connectivity index (χ4n) is 4.39. The van der Waals surface area contributed by atoms with Gasteiger partial charge in [-0.25, -0.2) is 4.98 Å². The van der Waals surface area contributed by atoms with Gasteiger partial charge in [-0.2, -0.15) is 5.10 Å². The zero-order valence-corrected chi connectivity index (χ0v) is 15.7. The van der Waals surface area contributed by atoms with Crippen molar-refractivity contribution in [3.63, 3.8) is 0 Å². The number of pyridine rings is 2. The van der Waals surface area contributed by atoms with Crippen LogP contribution in [0.4, 0.5) is 17.5 Å². The molecule has 0 aromatic carbocycles. The molecule has 5 rings (SSSR count). The SMILES string of the molecule is Cc1ccc2c(N[C@@H]3C[C@H]4CC[C@@H](C3)N4)nc(Nc3cc(C)[nH]n3)cc2n1. The van der Waals surface area contributed by atoms with Crippen molar-refractivity contribution in [3.05, 3.63) is 35.7 Å². The molecule has 27 heavy (non-hydrogen) atoms. The van der Waals surface area contributed by atoms with Gasteiger partial charge in [0.1, 0.15) is 11.6 Å². The summed E-state index contributed by atoms with van der Waals surface area (Å²) in [6.07, 6.45) is 4.88. The molecule has 0 amide bonds. The standard InChI is InChI=1S/C20H25N7/c1-11-3-6-16-17(21-11)10-18(24-19-7-12(2)26-27-19)25-20(16)23-15-8-13-4-5-14(9-15)22-13/h3,6-7,10,13-15,22H,4-5,8-9H2,1-2H3,(H3,23,24,25,26,27)/t13-,14+,15-. The van der Waals surface area contributed by atoms with E-state index in [1.807, 2.05) is 32.0 Å². The highest BCUT2D eigenvalue weighted by Crippen LogP contribution is 2.31. The van der Waals surface area contributed by atoms with Crippen molar-refractivity contribution >= 4 is 28.4 Å². The Bertz CT molecular complexity index is 968. The van der Waals surface area contributed by atoms with E-state index < -0.39 is 0 Å². The van der Waals surface area contributed by atoms with Gasteiger partial charge in [-0.15, -0.1) is 0 Å². The highest BCUT2D eigenvalue weighted by Gasteiger charge is 2.33. The van der Waals surface area contributed by atoms with Crippen LogP contribution in [0, 0.1) is 13.8 Å². The van der Waals surface area contributed by atoms with Crippen molar-refractivity contribution in [1.29, 1.82) is 0 Å². The lowest BCUT2D eigenvalue weighted by atomic mass is 9.99. The van der Waals surface area contributed by atoms with Crippen molar-refractivity contribution < 1.29 is 0 Å². The molecular weight excluding hydrogens is 338 g/mol. The second kappa shape index (κ2) is 6.49. The predicted molar refractivity (Wildman–Crippen MR) is 107 cm³/mol. The van der Waals surface area contributed by atoms with Gasteiger partial charge in [-0.1, -0.05) is 0 Å². The molecule has 5 heterocycles. The first-order valence-electron chi connectivity index (χ1n) is 9.72. The number of piperidine rings is 1. The molecule has 4 N–H and O–H groups in total. The number of anilines is 3. The van der Waals surface area contributed by atoms with Crippen LogP contribution in [-0.2, 0) is 0 Å². The van der Waals surface area contributed by atoms with Crippen molar-refractivity contribution in [2.24, 2.45) is 0 Å². The van der Waals surface area contributed by atoms with Crippen LogP contribution in [0.1, 0.15) is 37.1 Å². The zero-order valence-electron chi connectivity index (χ0n) is 15.7. The molecule has 2 bridgehead atoms. The maximum absolute atomic E-state index is 4.86. The second-order valence-electron chi connectivity index (χ2n) is 7.89. The molecule has 2 aliphatic heterocycles. The van der Waals surface area contributed by atoms with E-state index in [1.165, 1.54) is 12.8 Å². The second-order valence-corrected chi connectivity index (χ2v) is 7.89. The van der Waals surface area contributed by atoms with Gasteiger partial charge in [0.05, 0.1) is 5.52 Å². The molecule has 0 spiro atoms. The number of hydrogen-bond donors (Lipinski definition) is 4. The van der Waals surface area contributed by atoms with Crippen LogP contribution in [0.25, 0.3) is 10.9 Å².